The predicted molar refractivity (Wildman–Crippen MR) is 108 cm³/mol. The van der Waals surface area contributed by atoms with Crippen molar-refractivity contribution < 1.29 is 0 Å². The van der Waals surface area contributed by atoms with E-state index in [0.29, 0.717) is 5.82 Å². The van der Waals surface area contributed by atoms with Gasteiger partial charge < -0.3 is 16.0 Å². The number of rotatable bonds is 4. The van der Waals surface area contributed by atoms with Gasteiger partial charge in [-0.1, -0.05) is 43.7 Å². The van der Waals surface area contributed by atoms with Gasteiger partial charge in [0.05, 0.1) is 16.4 Å². The molecule has 0 saturated carbocycles. The lowest BCUT2D eigenvalue weighted by molar-refractivity contribution is 0.745. The molecule has 0 aliphatic heterocycles. The van der Waals surface area contributed by atoms with Gasteiger partial charge in [0, 0.05) is 17.6 Å². The number of nitrogen functional groups attached to an aromatic ring is 2. The standard InChI is InChI=1S/C21H23N5/c1-3-7-15-11-16-18-17(24-21(23)25-20(18)22)10-13(2)19(16)26(15)12-14-8-5-4-6-9-14/h4-6,8-11H,3,7,12H2,1-2H3,(H4,22,23,24,25). The van der Waals surface area contributed by atoms with E-state index in [4.69, 9.17) is 11.5 Å². The molecule has 0 aliphatic carbocycles. The van der Waals surface area contributed by atoms with E-state index in [0.717, 1.165) is 35.7 Å². The highest BCUT2D eigenvalue weighted by Crippen LogP contribution is 2.34. The van der Waals surface area contributed by atoms with Crippen LogP contribution >= 0.6 is 0 Å². The van der Waals surface area contributed by atoms with Gasteiger partial charge in [0.25, 0.3) is 0 Å². The van der Waals surface area contributed by atoms with Crippen LogP contribution in [0.25, 0.3) is 21.8 Å². The second-order valence-corrected chi connectivity index (χ2v) is 6.77. The van der Waals surface area contributed by atoms with Crippen molar-refractivity contribution in [1.82, 2.24) is 14.5 Å². The van der Waals surface area contributed by atoms with Crippen LogP contribution in [-0.2, 0) is 13.0 Å². The summed E-state index contributed by atoms with van der Waals surface area (Å²) in [6.45, 7) is 5.16. The van der Waals surface area contributed by atoms with Gasteiger partial charge in [-0.05, 0) is 36.6 Å². The Morgan fingerprint density at radius 1 is 1.04 bits per heavy atom. The Labute approximate surface area is 152 Å². The minimum absolute atomic E-state index is 0.214. The third-order valence-electron chi connectivity index (χ3n) is 4.85. The fourth-order valence-electron chi connectivity index (χ4n) is 3.80. The number of hydrogen-bond donors (Lipinski definition) is 2. The normalized spacial score (nSPS) is 11.5. The largest absolute Gasteiger partial charge is 0.383 e. The van der Waals surface area contributed by atoms with Gasteiger partial charge in [-0.15, -0.1) is 0 Å². The fraction of sp³-hybridized carbons (Fsp3) is 0.238. The van der Waals surface area contributed by atoms with Gasteiger partial charge in [0.1, 0.15) is 5.82 Å². The number of benzene rings is 2. The van der Waals surface area contributed by atoms with E-state index in [9.17, 15) is 0 Å². The first-order valence-electron chi connectivity index (χ1n) is 8.96. The minimum Gasteiger partial charge on any atom is -0.383 e. The molecule has 4 aromatic rings. The van der Waals surface area contributed by atoms with E-state index in [1.54, 1.807) is 0 Å². The summed E-state index contributed by atoms with van der Waals surface area (Å²) in [4.78, 5) is 8.58. The van der Waals surface area contributed by atoms with Crippen LogP contribution in [0, 0.1) is 6.92 Å². The third kappa shape index (κ3) is 2.65. The molecule has 4 N–H and O–H groups in total. The average Bonchev–Trinajstić information content (AvgIpc) is 2.94. The fourth-order valence-corrected chi connectivity index (χ4v) is 3.80. The molecule has 2 heterocycles. The van der Waals surface area contributed by atoms with Gasteiger partial charge in [-0.2, -0.15) is 4.98 Å². The molecule has 2 aromatic heterocycles. The van der Waals surface area contributed by atoms with Crippen LogP contribution in [0.2, 0.25) is 0 Å². The zero-order valence-corrected chi connectivity index (χ0v) is 15.2. The Morgan fingerprint density at radius 3 is 2.54 bits per heavy atom. The maximum Gasteiger partial charge on any atom is 0.222 e. The van der Waals surface area contributed by atoms with Crippen molar-refractivity contribution in [2.45, 2.75) is 33.2 Å². The molecule has 0 saturated heterocycles. The van der Waals surface area contributed by atoms with Crippen molar-refractivity contribution in [3.8, 4) is 0 Å². The first kappa shape index (κ1) is 16.4. The second-order valence-electron chi connectivity index (χ2n) is 6.77. The van der Waals surface area contributed by atoms with E-state index >= 15 is 0 Å². The van der Waals surface area contributed by atoms with Crippen LogP contribution in [-0.4, -0.2) is 14.5 Å². The first-order valence-corrected chi connectivity index (χ1v) is 8.96. The summed E-state index contributed by atoms with van der Waals surface area (Å²) >= 11 is 0. The molecular weight excluding hydrogens is 322 g/mol. The molecular formula is C21H23N5. The molecule has 5 heteroatoms. The van der Waals surface area contributed by atoms with Gasteiger partial charge in [0.2, 0.25) is 5.95 Å². The monoisotopic (exact) mass is 345 g/mol. The Bertz CT molecular complexity index is 1100. The lowest BCUT2D eigenvalue weighted by Crippen LogP contribution is -2.05. The number of anilines is 2. The summed E-state index contributed by atoms with van der Waals surface area (Å²) in [7, 11) is 0. The minimum atomic E-state index is 0.214. The Balaban J connectivity index is 2.03. The van der Waals surface area contributed by atoms with E-state index in [1.807, 2.05) is 6.07 Å². The molecule has 0 atom stereocenters. The molecule has 2 aromatic carbocycles. The van der Waals surface area contributed by atoms with Crippen LogP contribution < -0.4 is 11.5 Å². The molecule has 0 fully saturated rings. The molecule has 132 valence electrons. The highest BCUT2D eigenvalue weighted by atomic mass is 15.0. The number of aromatic nitrogens is 3. The summed E-state index contributed by atoms with van der Waals surface area (Å²) in [6.07, 6.45) is 2.10. The lowest BCUT2D eigenvalue weighted by atomic mass is 10.1. The number of fused-ring (bicyclic) bond motifs is 3. The van der Waals surface area contributed by atoms with Crippen molar-refractivity contribution in [2.75, 3.05) is 11.5 Å². The van der Waals surface area contributed by atoms with Crippen molar-refractivity contribution in [3.05, 3.63) is 59.3 Å². The summed E-state index contributed by atoms with van der Waals surface area (Å²) in [5, 5.41) is 2.00. The van der Waals surface area contributed by atoms with Gasteiger partial charge >= 0.3 is 0 Å². The number of nitrogens with zero attached hydrogens (tertiary/aromatic N) is 3. The molecule has 5 nitrogen and oxygen atoms in total. The van der Waals surface area contributed by atoms with Crippen molar-refractivity contribution in [3.63, 3.8) is 0 Å². The number of hydrogen-bond acceptors (Lipinski definition) is 4. The van der Waals surface area contributed by atoms with Crippen molar-refractivity contribution in [1.29, 1.82) is 0 Å². The smallest absolute Gasteiger partial charge is 0.222 e. The van der Waals surface area contributed by atoms with E-state index in [2.05, 4.69) is 64.8 Å². The average molecular weight is 345 g/mol. The van der Waals surface area contributed by atoms with Gasteiger partial charge in [-0.25, -0.2) is 4.98 Å². The van der Waals surface area contributed by atoms with E-state index in [1.165, 1.54) is 22.3 Å². The molecule has 26 heavy (non-hydrogen) atoms. The maximum absolute atomic E-state index is 6.22. The molecule has 0 spiro atoms. The first-order chi connectivity index (χ1) is 12.6. The van der Waals surface area contributed by atoms with Crippen LogP contribution in [0.15, 0.2) is 42.5 Å². The topological polar surface area (TPSA) is 82.8 Å². The number of nitrogens with two attached hydrogens (primary N) is 2. The maximum atomic E-state index is 6.22. The van der Waals surface area contributed by atoms with Crippen LogP contribution in [0.5, 0.6) is 0 Å². The molecule has 0 unspecified atom stereocenters. The van der Waals surface area contributed by atoms with E-state index in [-0.39, 0.29) is 5.95 Å². The van der Waals surface area contributed by atoms with Crippen molar-refractivity contribution in [2.24, 2.45) is 0 Å². The van der Waals surface area contributed by atoms with Crippen LogP contribution in [0.3, 0.4) is 0 Å². The Kier molecular flexibility index (Phi) is 3.99. The van der Waals surface area contributed by atoms with Gasteiger partial charge in [0.15, 0.2) is 0 Å². The molecule has 0 bridgehead atoms. The summed E-state index contributed by atoms with van der Waals surface area (Å²) in [5.74, 6) is 0.656. The Morgan fingerprint density at radius 2 is 1.81 bits per heavy atom. The summed E-state index contributed by atoms with van der Waals surface area (Å²) in [6, 6.07) is 14.8. The Hall–Kier alpha value is -3.08. The zero-order valence-electron chi connectivity index (χ0n) is 15.2. The SMILES string of the molecule is CCCc1cc2c3c(N)nc(N)nc3cc(C)c2n1Cc1ccccc1. The van der Waals surface area contributed by atoms with E-state index < -0.39 is 0 Å². The molecule has 0 aliphatic rings. The van der Waals surface area contributed by atoms with Crippen LogP contribution in [0.4, 0.5) is 11.8 Å². The third-order valence-corrected chi connectivity index (χ3v) is 4.85. The number of aryl methyl sites for hydroxylation is 2. The molecule has 4 rings (SSSR count). The highest BCUT2D eigenvalue weighted by molar-refractivity contribution is 6.12. The lowest BCUT2D eigenvalue weighted by Gasteiger charge is -2.13. The summed E-state index contributed by atoms with van der Waals surface area (Å²) in [5.41, 5.74) is 17.8. The molecule has 0 radical (unpaired) electrons. The summed E-state index contributed by atoms with van der Waals surface area (Å²) < 4.78 is 2.40. The second kappa shape index (κ2) is 6.33. The quantitative estimate of drug-likeness (QED) is 0.584. The van der Waals surface area contributed by atoms with Gasteiger partial charge in [-0.3, -0.25) is 0 Å². The van der Waals surface area contributed by atoms with Crippen molar-refractivity contribution >= 4 is 33.6 Å². The highest BCUT2D eigenvalue weighted by Gasteiger charge is 2.17. The molecule has 0 amide bonds. The van der Waals surface area contributed by atoms with Crippen LogP contribution in [0.1, 0.15) is 30.2 Å². The zero-order chi connectivity index (χ0) is 18.3. The predicted octanol–water partition coefficient (Wildman–Crippen LogP) is 4.06.